The summed E-state index contributed by atoms with van der Waals surface area (Å²) in [5.74, 6) is 0.910. The van der Waals surface area contributed by atoms with Crippen molar-refractivity contribution in [3.8, 4) is 0 Å². The summed E-state index contributed by atoms with van der Waals surface area (Å²) in [5.41, 5.74) is 3.46. The average molecular weight is 393 g/mol. The summed E-state index contributed by atoms with van der Waals surface area (Å²) in [7, 11) is 0. The molecular weight excluding hydrogens is 372 g/mol. The quantitative estimate of drug-likeness (QED) is 0.648. The number of benzene rings is 2. The summed E-state index contributed by atoms with van der Waals surface area (Å²) in [6, 6.07) is 16.3. The summed E-state index contributed by atoms with van der Waals surface area (Å²) in [6.45, 7) is 2.07. The van der Waals surface area contributed by atoms with Gasteiger partial charge < -0.3 is 0 Å². The van der Waals surface area contributed by atoms with Crippen molar-refractivity contribution in [2.45, 2.75) is 38.3 Å². The molecule has 0 radical (unpaired) electrons. The van der Waals surface area contributed by atoms with Crippen LogP contribution in [0.25, 0.3) is 0 Å². The summed E-state index contributed by atoms with van der Waals surface area (Å²) >= 11 is 6.09. The van der Waals surface area contributed by atoms with E-state index >= 15 is 0 Å². The maximum Gasteiger partial charge on any atom is 0.233 e. The molecular formula is C22H21ClN4O. The molecule has 1 aliphatic heterocycles. The molecule has 1 saturated carbocycles. The minimum Gasteiger partial charge on any atom is -0.274 e. The maximum absolute atomic E-state index is 13.2. The van der Waals surface area contributed by atoms with Crippen molar-refractivity contribution in [1.29, 1.82) is 0 Å². The molecule has 28 heavy (non-hydrogen) atoms. The van der Waals surface area contributed by atoms with E-state index in [0.717, 1.165) is 30.4 Å². The summed E-state index contributed by atoms with van der Waals surface area (Å²) in [6.07, 6.45) is 4.22. The van der Waals surface area contributed by atoms with Gasteiger partial charge in [0.2, 0.25) is 11.9 Å². The molecule has 2 unspecified atom stereocenters. The van der Waals surface area contributed by atoms with Crippen LogP contribution in [0.4, 0.5) is 5.95 Å². The number of aromatic nitrogens is 3. The molecule has 3 aromatic rings. The van der Waals surface area contributed by atoms with Crippen LogP contribution in [0.1, 0.15) is 48.0 Å². The summed E-state index contributed by atoms with van der Waals surface area (Å²) in [5, 5.41) is 5.18. The number of amides is 1. The second kappa shape index (κ2) is 6.74. The normalized spacial score (nSPS) is 21.4. The van der Waals surface area contributed by atoms with E-state index < -0.39 is 0 Å². The molecule has 2 heterocycles. The van der Waals surface area contributed by atoms with Crippen molar-refractivity contribution in [3.63, 3.8) is 0 Å². The lowest BCUT2D eigenvalue weighted by Gasteiger charge is -2.39. The van der Waals surface area contributed by atoms with E-state index in [9.17, 15) is 4.79 Å². The van der Waals surface area contributed by atoms with Crippen LogP contribution in [-0.4, -0.2) is 20.7 Å². The lowest BCUT2D eigenvalue weighted by atomic mass is 9.91. The number of anilines is 1. The highest BCUT2D eigenvalue weighted by Crippen LogP contribution is 2.44. The Morgan fingerprint density at radius 3 is 2.32 bits per heavy atom. The molecule has 1 amide bonds. The van der Waals surface area contributed by atoms with E-state index in [0.29, 0.717) is 11.0 Å². The summed E-state index contributed by atoms with van der Waals surface area (Å²) in [4.78, 5) is 19.6. The van der Waals surface area contributed by atoms with Crippen molar-refractivity contribution in [2.75, 3.05) is 4.90 Å². The number of hydrogen-bond acceptors (Lipinski definition) is 3. The molecule has 0 spiro atoms. The zero-order chi connectivity index (χ0) is 19.3. The highest BCUT2D eigenvalue weighted by atomic mass is 35.5. The van der Waals surface area contributed by atoms with E-state index in [2.05, 4.69) is 41.3 Å². The molecule has 1 aromatic heterocycles. The third-order valence-corrected chi connectivity index (χ3v) is 5.96. The molecule has 1 aliphatic carbocycles. The van der Waals surface area contributed by atoms with Gasteiger partial charge in [-0.2, -0.15) is 10.1 Å². The Hall–Kier alpha value is -2.66. The van der Waals surface area contributed by atoms with Crippen molar-refractivity contribution in [1.82, 2.24) is 14.8 Å². The van der Waals surface area contributed by atoms with Gasteiger partial charge in [-0.05, 0) is 49.4 Å². The zero-order valence-corrected chi connectivity index (χ0v) is 16.4. The van der Waals surface area contributed by atoms with Crippen molar-refractivity contribution < 1.29 is 4.79 Å². The van der Waals surface area contributed by atoms with Gasteiger partial charge in [-0.1, -0.05) is 53.6 Å². The van der Waals surface area contributed by atoms with Crippen LogP contribution < -0.4 is 4.90 Å². The molecule has 0 N–H and O–H groups in total. The third kappa shape index (κ3) is 3.00. The molecule has 2 aliphatic rings. The molecule has 142 valence electrons. The van der Waals surface area contributed by atoms with E-state index in [1.165, 1.54) is 5.56 Å². The van der Waals surface area contributed by atoms with E-state index in [1.807, 2.05) is 33.8 Å². The molecule has 2 atom stereocenters. The largest absolute Gasteiger partial charge is 0.274 e. The fraction of sp³-hybridized carbons (Fsp3) is 0.318. The van der Waals surface area contributed by atoms with Crippen molar-refractivity contribution >= 4 is 23.5 Å². The Kier molecular flexibility index (Phi) is 4.20. The van der Waals surface area contributed by atoms with Crippen LogP contribution in [0.3, 0.4) is 0 Å². The van der Waals surface area contributed by atoms with Crippen LogP contribution in [-0.2, 0) is 4.79 Å². The Morgan fingerprint density at radius 1 is 1.00 bits per heavy atom. The number of fused-ring (bicyclic) bond motifs is 1. The number of aryl methyl sites for hydroxylation is 1. The van der Waals surface area contributed by atoms with E-state index in [1.54, 1.807) is 6.33 Å². The number of nitrogens with zero attached hydrogens (tertiary/aromatic N) is 4. The number of halogens is 1. The number of carbonyl (C=O) groups is 1. The van der Waals surface area contributed by atoms with Crippen LogP contribution >= 0.6 is 11.6 Å². The fourth-order valence-electron chi connectivity index (χ4n) is 4.01. The van der Waals surface area contributed by atoms with Gasteiger partial charge in [0.15, 0.2) is 0 Å². The second-order valence-corrected chi connectivity index (χ2v) is 8.15. The summed E-state index contributed by atoms with van der Waals surface area (Å²) < 4.78 is 1.88. The zero-order valence-electron chi connectivity index (χ0n) is 15.6. The minimum atomic E-state index is -0.0638. The van der Waals surface area contributed by atoms with Gasteiger partial charge >= 0.3 is 0 Å². The first-order valence-corrected chi connectivity index (χ1v) is 10.0. The minimum absolute atomic E-state index is 0.00400. The highest BCUT2D eigenvalue weighted by Gasteiger charge is 2.44. The van der Waals surface area contributed by atoms with Crippen LogP contribution in [0.15, 0.2) is 54.9 Å². The first kappa shape index (κ1) is 17.4. The SMILES string of the molecule is Cc1ccc(C2CC(c3ccc(Cl)cc3)n3ncnc3N2C(=O)C2CC2)cc1. The monoisotopic (exact) mass is 392 g/mol. The van der Waals surface area contributed by atoms with Crippen molar-refractivity contribution in [2.24, 2.45) is 5.92 Å². The molecule has 5 rings (SSSR count). The van der Waals surface area contributed by atoms with Crippen molar-refractivity contribution in [3.05, 3.63) is 76.6 Å². The van der Waals surface area contributed by atoms with E-state index in [-0.39, 0.29) is 23.9 Å². The maximum atomic E-state index is 13.2. The van der Waals surface area contributed by atoms with Gasteiger partial charge in [0.1, 0.15) is 6.33 Å². The number of carbonyl (C=O) groups excluding carboxylic acids is 1. The molecule has 2 aromatic carbocycles. The fourth-order valence-corrected chi connectivity index (χ4v) is 4.13. The standard InChI is InChI=1S/C22H21ClN4O/c1-14-2-4-15(5-3-14)19-12-20(16-8-10-18(23)11-9-16)27-22(24-13-25-27)26(19)21(28)17-6-7-17/h2-5,8-11,13,17,19-20H,6-7,12H2,1H3. The van der Waals surface area contributed by atoms with Crippen LogP contribution in [0, 0.1) is 12.8 Å². The van der Waals surface area contributed by atoms with Gasteiger partial charge in [-0.15, -0.1) is 0 Å². The van der Waals surface area contributed by atoms with Gasteiger partial charge in [0.25, 0.3) is 0 Å². The molecule has 1 fully saturated rings. The predicted molar refractivity (Wildman–Crippen MR) is 108 cm³/mol. The van der Waals surface area contributed by atoms with Crippen LogP contribution in [0.5, 0.6) is 0 Å². The van der Waals surface area contributed by atoms with Gasteiger partial charge in [0.05, 0.1) is 12.1 Å². The Balaban J connectivity index is 1.62. The Morgan fingerprint density at radius 2 is 1.64 bits per heavy atom. The highest BCUT2D eigenvalue weighted by molar-refractivity contribution is 6.30. The number of hydrogen-bond donors (Lipinski definition) is 0. The molecule has 6 heteroatoms. The molecule has 5 nitrogen and oxygen atoms in total. The Labute approximate surface area is 169 Å². The first-order chi connectivity index (χ1) is 13.6. The van der Waals surface area contributed by atoms with Crippen LogP contribution in [0.2, 0.25) is 5.02 Å². The lowest BCUT2D eigenvalue weighted by Crippen LogP contribution is -2.43. The van der Waals surface area contributed by atoms with Gasteiger partial charge in [-0.3, -0.25) is 9.69 Å². The third-order valence-electron chi connectivity index (χ3n) is 5.70. The number of rotatable bonds is 3. The smallest absolute Gasteiger partial charge is 0.233 e. The second-order valence-electron chi connectivity index (χ2n) is 7.72. The van der Waals surface area contributed by atoms with Gasteiger partial charge in [0, 0.05) is 10.9 Å². The predicted octanol–water partition coefficient (Wildman–Crippen LogP) is 4.72. The first-order valence-electron chi connectivity index (χ1n) is 9.66. The molecule has 0 saturated heterocycles. The van der Waals surface area contributed by atoms with E-state index in [4.69, 9.17) is 11.6 Å². The lowest BCUT2D eigenvalue weighted by molar-refractivity contribution is -0.120. The van der Waals surface area contributed by atoms with Gasteiger partial charge in [-0.25, -0.2) is 4.68 Å². The Bertz CT molecular complexity index is 1010. The average Bonchev–Trinajstić information content (AvgIpc) is 3.44. The molecule has 0 bridgehead atoms. The topological polar surface area (TPSA) is 51.0 Å².